The summed E-state index contributed by atoms with van der Waals surface area (Å²) >= 11 is 0. The SMILES string of the molecule is C[N@+]1(CCc2cnccn2)CCCC(OC(=O)C([O-])(c2ccccc2)c2ccccc2)C1. The van der Waals surface area contributed by atoms with Crippen molar-refractivity contribution in [3.05, 3.63) is 96.1 Å². The van der Waals surface area contributed by atoms with Gasteiger partial charge >= 0.3 is 5.97 Å². The molecule has 0 N–H and O–H groups in total. The lowest BCUT2D eigenvalue weighted by Crippen LogP contribution is -2.57. The summed E-state index contributed by atoms with van der Waals surface area (Å²) in [5.74, 6) is -0.734. The Hall–Kier alpha value is -3.09. The highest BCUT2D eigenvalue weighted by Crippen LogP contribution is 2.30. The summed E-state index contributed by atoms with van der Waals surface area (Å²) in [6.07, 6.45) is 7.40. The van der Waals surface area contributed by atoms with Gasteiger partial charge in [0.2, 0.25) is 0 Å². The van der Waals surface area contributed by atoms with Crippen LogP contribution < -0.4 is 5.11 Å². The maximum atomic E-state index is 14.1. The number of esters is 1. The quantitative estimate of drug-likeness (QED) is 0.424. The van der Waals surface area contributed by atoms with Gasteiger partial charge < -0.3 is 14.3 Å². The number of piperidine rings is 1. The Balaban J connectivity index is 1.49. The van der Waals surface area contributed by atoms with Gasteiger partial charge in [-0.3, -0.25) is 14.8 Å². The van der Waals surface area contributed by atoms with Gasteiger partial charge in [-0.2, -0.15) is 0 Å². The van der Waals surface area contributed by atoms with Crippen LogP contribution in [0.15, 0.2) is 79.3 Å². The van der Waals surface area contributed by atoms with E-state index in [-0.39, 0.29) is 6.10 Å². The lowest BCUT2D eigenvalue weighted by molar-refractivity contribution is -0.916. The van der Waals surface area contributed by atoms with Crippen LogP contribution in [0.1, 0.15) is 29.7 Å². The number of benzene rings is 2. The smallest absolute Gasteiger partial charge is 0.304 e. The number of hydrogen-bond donors (Lipinski definition) is 0. The number of ether oxygens (including phenoxy) is 1. The second-order valence-electron chi connectivity index (χ2n) is 8.78. The summed E-state index contributed by atoms with van der Waals surface area (Å²) in [7, 11) is 2.18. The Labute approximate surface area is 189 Å². The standard InChI is InChI=1S/C26H29N3O3/c1-29(18-14-23-19-27-15-16-28-23)17-8-13-24(20-29)32-25(30)26(31,21-9-4-2-5-10-21)22-11-6-3-7-12-22/h2-7,9-12,15-16,19,24H,8,13-14,17-18,20H2,1H3/t24?,29-/m1/s1. The molecule has 0 spiro atoms. The van der Waals surface area contributed by atoms with E-state index in [1.54, 1.807) is 67.1 Å². The summed E-state index contributed by atoms with van der Waals surface area (Å²) in [5, 5.41) is 14.1. The third kappa shape index (κ3) is 4.87. The number of rotatable bonds is 7. The van der Waals surface area contributed by atoms with Crippen molar-refractivity contribution in [1.82, 2.24) is 9.97 Å². The number of carbonyl (C=O) groups excluding carboxylic acids is 1. The third-order valence-electron chi connectivity index (χ3n) is 6.31. The highest BCUT2D eigenvalue weighted by molar-refractivity contribution is 5.85. The van der Waals surface area contributed by atoms with Gasteiger partial charge in [0.25, 0.3) is 0 Å². The van der Waals surface area contributed by atoms with Gasteiger partial charge in [0.05, 0.1) is 25.8 Å². The van der Waals surface area contributed by atoms with Crippen LogP contribution in [0.4, 0.5) is 0 Å². The zero-order chi connectivity index (χ0) is 22.4. The van der Waals surface area contributed by atoms with E-state index in [4.69, 9.17) is 4.74 Å². The zero-order valence-electron chi connectivity index (χ0n) is 18.4. The number of nitrogens with zero attached hydrogens (tertiary/aromatic N) is 3. The summed E-state index contributed by atoms with van der Waals surface area (Å²) in [6.45, 7) is 2.58. The van der Waals surface area contributed by atoms with Gasteiger partial charge in [-0.05, 0) is 17.5 Å². The second kappa shape index (κ2) is 9.59. The molecule has 6 nitrogen and oxygen atoms in total. The average molecular weight is 432 g/mol. The molecule has 0 amide bonds. The van der Waals surface area contributed by atoms with Crippen molar-refractivity contribution < 1.29 is 19.1 Å². The molecule has 2 aromatic carbocycles. The first-order valence-corrected chi connectivity index (χ1v) is 11.1. The Kier molecular flexibility index (Phi) is 6.63. The zero-order valence-corrected chi connectivity index (χ0v) is 18.4. The highest BCUT2D eigenvalue weighted by Gasteiger charge is 2.37. The largest absolute Gasteiger partial charge is 0.834 e. The van der Waals surface area contributed by atoms with E-state index >= 15 is 0 Å². The average Bonchev–Trinajstić information content (AvgIpc) is 2.84. The van der Waals surface area contributed by atoms with Crippen LogP contribution in [-0.2, 0) is 21.6 Å². The maximum Gasteiger partial charge on any atom is 0.304 e. The molecule has 166 valence electrons. The first-order valence-electron chi connectivity index (χ1n) is 11.1. The maximum absolute atomic E-state index is 14.1. The molecule has 0 saturated carbocycles. The molecule has 2 atom stereocenters. The molecule has 6 heteroatoms. The molecule has 0 radical (unpaired) electrons. The number of quaternary nitrogens is 1. The van der Waals surface area contributed by atoms with Crippen LogP contribution in [-0.4, -0.2) is 53.2 Å². The first-order chi connectivity index (χ1) is 15.5. The van der Waals surface area contributed by atoms with Crippen LogP contribution in [0.25, 0.3) is 0 Å². The van der Waals surface area contributed by atoms with Crippen molar-refractivity contribution >= 4 is 5.97 Å². The van der Waals surface area contributed by atoms with Gasteiger partial charge in [-0.15, -0.1) is 0 Å². The molecule has 1 unspecified atom stereocenters. The van der Waals surface area contributed by atoms with E-state index in [2.05, 4.69) is 17.0 Å². The Morgan fingerprint density at radius 1 is 1.09 bits per heavy atom. The van der Waals surface area contributed by atoms with Crippen molar-refractivity contribution in [3.63, 3.8) is 0 Å². The van der Waals surface area contributed by atoms with E-state index < -0.39 is 11.6 Å². The molecule has 1 aromatic heterocycles. The van der Waals surface area contributed by atoms with Crippen molar-refractivity contribution in [2.45, 2.75) is 31.0 Å². The van der Waals surface area contributed by atoms with E-state index in [0.717, 1.165) is 42.5 Å². The molecule has 0 aliphatic carbocycles. The van der Waals surface area contributed by atoms with Crippen LogP contribution >= 0.6 is 0 Å². The molecule has 1 aliphatic heterocycles. The predicted molar refractivity (Wildman–Crippen MR) is 119 cm³/mol. The highest BCUT2D eigenvalue weighted by atomic mass is 16.6. The van der Waals surface area contributed by atoms with Gasteiger partial charge in [0, 0.05) is 37.0 Å². The molecule has 0 bridgehead atoms. The molecule has 1 fully saturated rings. The molecular weight excluding hydrogens is 402 g/mol. The first kappa shape index (κ1) is 22.1. The van der Waals surface area contributed by atoms with Gasteiger partial charge in [0.15, 0.2) is 6.10 Å². The normalized spacial score (nSPS) is 21.1. The van der Waals surface area contributed by atoms with E-state index in [9.17, 15) is 9.90 Å². The third-order valence-corrected chi connectivity index (χ3v) is 6.31. The number of aromatic nitrogens is 2. The molecule has 1 aliphatic rings. The summed E-state index contributed by atoms with van der Waals surface area (Å²) in [6, 6.07) is 17.6. The Morgan fingerprint density at radius 2 is 1.75 bits per heavy atom. The Bertz CT molecular complexity index is 975. The molecule has 2 heterocycles. The predicted octanol–water partition coefficient (Wildman–Crippen LogP) is 2.48. The molecule has 32 heavy (non-hydrogen) atoms. The van der Waals surface area contributed by atoms with Crippen molar-refractivity contribution in [3.8, 4) is 0 Å². The summed E-state index contributed by atoms with van der Waals surface area (Å²) < 4.78 is 6.69. The molecule has 4 rings (SSSR count). The lowest BCUT2D eigenvalue weighted by atomic mass is 9.86. The fraction of sp³-hybridized carbons (Fsp3) is 0.346. The molecule has 3 aromatic rings. The topological polar surface area (TPSA) is 75.1 Å². The van der Waals surface area contributed by atoms with Crippen LogP contribution in [0.3, 0.4) is 0 Å². The van der Waals surface area contributed by atoms with Crippen LogP contribution in [0, 0.1) is 0 Å². The van der Waals surface area contributed by atoms with Crippen LogP contribution in [0.5, 0.6) is 0 Å². The van der Waals surface area contributed by atoms with E-state index in [1.807, 2.05) is 12.1 Å². The van der Waals surface area contributed by atoms with Crippen molar-refractivity contribution in [2.24, 2.45) is 0 Å². The molecule has 1 saturated heterocycles. The number of likely N-dealkylation sites (tertiary alicyclic amines) is 1. The minimum atomic E-state index is -2.09. The van der Waals surface area contributed by atoms with E-state index in [1.165, 1.54) is 0 Å². The number of carbonyl (C=O) groups is 1. The van der Waals surface area contributed by atoms with Crippen LogP contribution in [0.2, 0.25) is 0 Å². The summed E-state index contributed by atoms with van der Waals surface area (Å²) in [5.41, 5.74) is -0.347. The van der Waals surface area contributed by atoms with Crippen molar-refractivity contribution in [1.29, 1.82) is 0 Å². The van der Waals surface area contributed by atoms with Gasteiger partial charge in [-0.1, -0.05) is 60.7 Å². The van der Waals surface area contributed by atoms with Crippen molar-refractivity contribution in [2.75, 3.05) is 26.7 Å². The lowest BCUT2D eigenvalue weighted by Gasteiger charge is -2.44. The van der Waals surface area contributed by atoms with Gasteiger partial charge in [-0.25, -0.2) is 0 Å². The van der Waals surface area contributed by atoms with E-state index in [0.29, 0.717) is 17.7 Å². The fourth-order valence-corrected chi connectivity index (χ4v) is 4.50. The minimum absolute atomic E-state index is 0.288. The number of hydrogen-bond acceptors (Lipinski definition) is 5. The minimum Gasteiger partial charge on any atom is -0.834 e. The number of likely N-dealkylation sites (N-methyl/N-ethyl adjacent to an activating group) is 1. The van der Waals surface area contributed by atoms with Gasteiger partial charge in [0.1, 0.15) is 6.54 Å². The monoisotopic (exact) mass is 431 g/mol. The fourth-order valence-electron chi connectivity index (χ4n) is 4.50. The molecular formula is C26H29N3O3. The Morgan fingerprint density at radius 3 is 2.34 bits per heavy atom. The summed E-state index contributed by atoms with van der Waals surface area (Å²) in [4.78, 5) is 21.9. The second-order valence-corrected chi connectivity index (χ2v) is 8.78.